The minimum absolute atomic E-state index is 0.00113. The molecule has 1 unspecified atom stereocenters. The number of nitrogens with zero attached hydrogens (tertiary/aromatic N) is 5. The molecular weight excluding hydrogens is 943 g/mol. The van der Waals surface area contributed by atoms with Crippen molar-refractivity contribution in [1.82, 2.24) is 30.8 Å². The van der Waals surface area contributed by atoms with Gasteiger partial charge in [-0.05, 0) is 120 Å². The molecule has 0 radical (unpaired) electrons. The van der Waals surface area contributed by atoms with Crippen LogP contribution in [-0.2, 0) is 25.7 Å². The van der Waals surface area contributed by atoms with Crippen LogP contribution in [0.4, 0.5) is 16.3 Å². The highest BCUT2D eigenvalue weighted by atomic mass is 16.5. The van der Waals surface area contributed by atoms with Crippen molar-refractivity contribution in [2.45, 2.75) is 115 Å². The number of ether oxygens (including phenoxy) is 3. The van der Waals surface area contributed by atoms with E-state index >= 15 is 0 Å². The highest BCUT2D eigenvalue weighted by Crippen LogP contribution is 2.35. The molecule has 18 nitrogen and oxygen atoms in total. The minimum Gasteiger partial charge on any atom is -0.483 e. The Labute approximate surface area is 430 Å². The van der Waals surface area contributed by atoms with Gasteiger partial charge in [-0.3, -0.25) is 39.1 Å². The SMILES string of the molecule is CC(C)(CCNC(=O)COc1cccc2c1C(=O)N(C1CCC(=O)NC1=O)C2=O)OCCC(C)(C)Oc1ccc(-c2ccc(N(C(=O)NCc3ccccc3)C3CCC(Nc4ccc(C#N)cn4)CC3)cc2)cn1. The van der Waals surface area contributed by atoms with E-state index < -0.39 is 53.4 Å². The third-order valence-corrected chi connectivity index (χ3v) is 13.4. The molecule has 4 heterocycles. The van der Waals surface area contributed by atoms with E-state index in [2.05, 4.69) is 37.3 Å². The lowest BCUT2D eigenvalue weighted by molar-refractivity contribution is -0.136. The van der Waals surface area contributed by atoms with E-state index in [0.717, 1.165) is 58.8 Å². The van der Waals surface area contributed by atoms with Crippen LogP contribution in [0.3, 0.4) is 0 Å². The summed E-state index contributed by atoms with van der Waals surface area (Å²) in [6.07, 6.45) is 7.69. The summed E-state index contributed by atoms with van der Waals surface area (Å²) in [5, 5.41) is 20.8. The second kappa shape index (κ2) is 23.1. The molecule has 2 aliphatic heterocycles. The van der Waals surface area contributed by atoms with Gasteiger partial charge in [-0.2, -0.15) is 5.26 Å². The van der Waals surface area contributed by atoms with Crippen LogP contribution in [0.15, 0.2) is 109 Å². The molecule has 4 N–H and O–H groups in total. The number of aromatic nitrogens is 2. The van der Waals surface area contributed by atoms with E-state index in [0.29, 0.717) is 37.4 Å². The molecule has 0 bridgehead atoms. The molecule has 1 atom stereocenters. The Morgan fingerprint density at radius 2 is 1.55 bits per heavy atom. The number of benzene rings is 3. The molecule has 1 saturated carbocycles. The smallest absolute Gasteiger partial charge is 0.322 e. The average Bonchev–Trinajstić information content (AvgIpc) is 3.64. The van der Waals surface area contributed by atoms with Gasteiger partial charge in [0.05, 0.1) is 28.9 Å². The third-order valence-electron chi connectivity index (χ3n) is 13.4. The Hall–Kier alpha value is -8.17. The number of amides is 7. The number of nitrogens with one attached hydrogen (secondary N) is 4. The van der Waals surface area contributed by atoms with Gasteiger partial charge in [-0.15, -0.1) is 0 Å². The van der Waals surface area contributed by atoms with Crippen LogP contribution in [0.1, 0.15) is 111 Å². The first kappa shape index (κ1) is 52.2. The van der Waals surface area contributed by atoms with Crippen molar-refractivity contribution in [2.24, 2.45) is 0 Å². The topological polar surface area (TPSA) is 234 Å². The average molecular weight is 1000 g/mol. The second-order valence-electron chi connectivity index (χ2n) is 19.9. The van der Waals surface area contributed by atoms with Gasteiger partial charge in [0, 0.05) is 67.7 Å². The largest absolute Gasteiger partial charge is 0.483 e. The number of fused-ring (bicyclic) bond motifs is 1. The van der Waals surface area contributed by atoms with Crippen molar-refractivity contribution in [3.05, 3.63) is 132 Å². The number of hydrogen-bond donors (Lipinski definition) is 4. The van der Waals surface area contributed by atoms with Crippen LogP contribution in [0.2, 0.25) is 0 Å². The van der Waals surface area contributed by atoms with E-state index in [1.54, 1.807) is 18.5 Å². The zero-order valence-electron chi connectivity index (χ0n) is 42.0. The van der Waals surface area contributed by atoms with Gasteiger partial charge in [-0.1, -0.05) is 48.5 Å². The van der Waals surface area contributed by atoms with Gasteiger partial charge in [0.1, 0.15) is 29.3 Å². The maximum atomic E-state index is 14.0. The standard InChI is InChI=1S/C56H61N9O9/c1-55(2,27-29-58-48(67)35-72-45-12-8-11-43-50(45)53(70)65(52(43)69)44-23-25-47(66)63-51(44)68)73-30-28-56(3,4)74-49-26-16-39(34-60-49)38-14-19-41(20-15-38)64(54(71)61-32-36-9-6-5-7-10-36)42-21-17-40(18-22-42)62-46-24-13-37(31-57)33-59-46/h5-16,19-20,24,26,33-34,40,42,44H,17-18,21-23,25,27-30,32,35H2,1-4H3,(H,58,67)(H,59,62)(H,61,71)(H,63,66,68). The first-order chi connectivity index (χ1) is 35.6. The molecule has 3 aromatic carbocycles. The Balaban J connectivity index is 0.786. The molecular formula is C56H61N9O9. The van der Waals surface area contributed by atoms with Crippen LogP contribution in [0.5, 0.6) is 11.6 Å². The lowest BCUT2D eigenvalue weighted by Crippen LogP contribution is -2.54. The number of imide groups is 2. The Morgan fingerprint density at radius 1 is 0.797 bits per heavy atom. The summed E-state index contributed by atoms with van der Waals surface area (Å²) in [6, 6.07) is 30.7. The molecule has 5 aromatic rings. The highest BCUT2D eigenvalue weighted by molar-refractivity contribution is 6.24. The number of carbonyl (C=O) groups excluding carboxylic acids is 6. The Morgan fingerprint density at radius 3 is 2.24 bits per heavy atom. The lowest BCUT2D eigenvalue weighted by Gasteiger charge is -2.37. The van der Waals surface area contributed by atoms with Crippen LogP contribution in [0, 0.1) is 11.3 Å². The fourth-order valence-electron chi connectivity index (χ4n) is 9.29. The predicted molar refractivity (Wildman–Crippen MR) is 275 cm³/mol. The number of urea groups is 1. The van der Waals surface area contributed by atoms with Crippen LogP contribution < -0.4 is 35.6 Å². The van der Waals surface area contributed by atoms with Gasteiger partial charge >= 0.3 is 6.03 Å². The van der Waals surface area contributed by atoms with E-state index in [-0.39, 0.29) is 54.4 Å². The monoisotopic (exact) mass is 1000 g/mol. The number of nitriles is 1. The summed E-state index contributed by atoms with van der Waals surface area (Å²) in [5.41, 5.74) is 2.96. The van der Waals surface area contributed by atoms with Gasteiger partial charge in [0.25, 0.3) is 17.7 Å². The first-order valence-electron chi connectivity index (χ1n) is 24.9. The summed E-state index contributed by atoms with van der Waals surface area (Å²) >= 11 is 0. The van der Waals surface area contributed by atoms with Crippen molar-refractivity contribution in [3.8, 4) is 28.8 Å². The van der Waals surface area contributed by atoms with Crippen LogP contribution in [0.25, 0.3) is 11.1 Å². The van der Waals surface area contributed by atoms with Gasteiger partial charge in [0.2, 0.25) is 17.7 Å². The molecule has 74 heavy (non-hydrogen) atoms. The molecule has 8 rings (SSSR count). The van der Waals surface area contributed by atoms with Crippen LogP contribution in [-0.4, -0.2) is 99.5 Å². The number of anilines is 2. The summed E-state index contributed by atoms with van der Waals surface area (Å²) in [5.74, 6) is -1.76. The fourth-order valence-corrected chi connectivity index (χ4v) is 9.29. The first-order valence-corrected chi connectivity index (χ1v) is 24.9. The molecule has 2 aromatic heterocycles. The zero-order valence-corrected chi connectivity index (χ0v) is 42.0. The van der Waals surface area contributed by atoms with Crippen molar-refractivity contribution in [2.75, 3.05) is 30.0 Å². The molecule has 2 fully saturated rings. The normalized spacial score (nSPS) is 17.7. The van der Waals surface area contributed by atoms with Gasteiger partial charge in [-0.25, -0.2) is 14.8 Å². The molecule has 18 heteroatoms. The Bertz CT molecular complexity index is 2880. The highest BCUT2D eigenvalue weighted by Gasteiger charge is 2.46. The maximum absolute atomic E-state index is 14.0. The molecule has 1 aliphatic carbocycles. The summed E-state index contributed by atoms with van der Waals surface area (Å²) in [6.45, 7) is 8.45. The quantitative estimate of drug-likeness (QED) is 0.0555. The summed E-state index contributed by atoms with van der Waals surface area (Å²) in [7, 11) is 0. The Kier molecular flexibility index (Phi) is 16.3. The minimum atomic E-state index is -1.12. The fraction of sp³-hybridized carbons (Fsp3) is 0.375. The number of pyridine rings is 2. The second-order valence-corrected chi connectivity index (χ2v) is 19.9. The van der Waals surface area contributed by atoms with E-state index in [1.807, 2.05) is 105 Å². The van der Waals surface area contributed by atoms with Crippen molar-refractivity contribution >= 4 is 47.1 Å². The molecule has 1 saturated heterocycles. The number of carbonyl (C=O) groups is 6. The summed E-state index contributed by atoms with van der Waals surface area (Å²) < 4.78 is 18.3. The van der Waals surface area contributed by atoms with Crippen LogP contribution >= 0.6 is 0 Å². The number of rotatable bonds is 20. The lowest BCUT2D eigenvalue weighted by atomic mass is 9.89. The number of piperidine rings is 1. The number of hydrogen-bond acceptors (Lipinski definition) is 13. The van der Waals surface area contributed by atoms with E-state index in [4.69, 9.17) is 19.5 Å². The van der Waals surface area contributed by atoms with Crippen molar-refractivity contribution < 1.29 is 43.0 Å². The third kappa shape index (κ3) is 13.1. The van der Waals surface area contributed by atoms with E-state index in [1.165, 1.54) is 18.2 Å². The molecule has 384 valence electrons. The van der Waals surface area contributed by atoms with Gasteiger partial charge in [0.15, 0.2) is 6.61 Å². The van der Waals surface area contributed by atoms with Crippen molar-refractivity contribution in [3.63, 3.8) is 0 Å². The molecule has 0 spiro atoms. The molecule has 7 amide bonds. The molecule has 3 aliphatic rings. The van der Waals surface area contributed by atoms with E-state index in [9.17, 15) is 28.8 Å². The predicted octanol–water partition coefficient (Wildman–Crippen LogP) is 7.48. The maximum Gasteiger partial charge on any atom is 0.322 e. The summed E-state index contributed by atoms with van der Waals surface area (Å²) in [4.78, 5) is 89.1. The zero-order chi connectivity index (χ0) is 52.4. The van der Waals surface area contributed by atoms with Crippen molar-refractivity contribution in [1.29, 1.82) is 5.26 Å². The van der Waals surface area contributed by atoms with Gasteiger partial charge < -0.3 is 30.2 Å².